The molecule has 2 rings (SSSR count). The first-order valence-electron chi connectivity index (χ1n) is 7.32. The third-order valence-electron chi connectivity index (χ3n) is 3.86. The minimum atomic E-state index is -1.07. The number of ether oxygens (including phenoxy) is 2. The van der Waals surface area contributed by atoms with Crippen LogP contribution in [-0.2, 0) is 25.5 Å². The maximum absolute atomic E-state index is 11.5. The molecule has 0 aliphatic carbocycles. The Morgan fingerprint density at radius 1 is 1.50 bits per heavy atom. The van der Waals surface area contributed by atoms with Gasteiger partial charge in [0.15, 0.2) is 5.79 Å². The van der Waals surface area contributed by atoms with Gasteiger partial charge in [0, 0.05) is 17.2 Å². The highest BCUT2D eigenvalue weighted by Crippen LogP contribution is 2.32. The van der Waals surface area contributed by atoms with Gasteiger partial charge in [0.2, 0.25) is 0 Å². The molecule has 122 valence electrons. The Labute approximate surface area is 134 Å². The van der Waals surface area contributed by atoms with Crippen LogP contribution in [0.25, 0.3) is 0 Å². The monoisotopic (exact) mass is 326 g/mol. The number of thiophene rings is 1. The molecule has 0 spiro atoms. The van der Waals surface area contributed by atoms with Gasteiger partial charge < -0.3 is 14.6 Å². The molecule has 6 heteroatoms. The number of rotatable bonds is 6. The van der Waals surface area contributed by atoms with Crippen molar-refractivity contribution in [2.24, 2.45) is 5.92 Å². The van der Waals surface area contributed by atoms with E-state index in [9.17, 15) is 14.7 Å². The molecule has 1 aliphatic heterocycles. The highest BCUT2D eigenvalue weighted by molar-refractivity contribution is 7.10. The largest absolute Gasteiger partial charge is 0.481 e. The van der Waals surface area contributed by atoms with E-state index in [0.717, 1.165) is 16.9 Å². The molecule has 22 heavy (non-hydrogen) atoms. The zero-order chi connectivity index (χ0) is 16.5. The van der Waals surface area contributed by atoms with Crippen molar-refractivity contribution in [2.45, 2.75) is 51.9 Å². The predicted octanol–water partition coefficient (Wildman–Crippen LogP) is 2.84. The van der Waals surface area contributed by atoms with Gasteiger partial charge in [-0.15, -0.1) is 11.3 Å². The lowest BCUT2D eigenvalue weighted by atomic mass is 9.89. The quantitative estimate of drug-likeness (QED) is 0.814. The van der Waals surface area contributed by atoms with Gasteiger partial charge in [-0.25, -0.2) is 0 Å². The van der Waals surface area contributed by atoms with Gasteiger partial charge in [-0.05, 0) is 37.8 Å². The predicted molar refractivity (Wildman–Crippen MR) is 83.1 cm³/mol. The first kappa shape index (κ1) is 17.1. The van der Waals surface area contributed by atoms with Crippen LogP contribution in [0.5, 0.6) is 0 Å². The summed E-state index contributed by atoms with van der Waals surface area (Å²) in [5.41, 5.74) is 1.09. The van der Waals surface area contributed by atoms with Gasteiger partial charge in [-0.1, -0.05) is 6.92 Å². The van der Waals surface area contributed by atoms with Crippen molar-refractivity contribution >= 4 is 23.1 Å². The maximum atomic E-state index is 11.5. The Morgan fingerprint density at radius 3 is 2.68 bits per heavy atom. The molecule has 1 aromatic rings. The highest BCUT2D eigenvalue weighted by Gasteiger charge is 2.34. The molecule has 5 nitrogen and oxygen atoms in total. The fraction of sp³-hybridized carbons (Fsp3) is 0.625. The average molecular weight is 326 g/mol. The van der Waals surface area contributed by atoms with Crippen LogP contribution in [0.4, 0.5) is 0 Å². The third-order valence-corrected chi connectivity index (χ3v) is 5.04. The first-order chi connectivity index (χ1) is 10.2. The van der Waals surface area contributed by atoms with Gasteiger partial charge in [0.05, 0.1) is 12.7 Å². The Kier molecular flexibility index (Phi) is 5.04. The number of carboxylic acids is 1. The van der Waals surface area contributed by atoms with E-state index < -0.39 is 17.7 Å². The molecule has 0 radical (unpaired) electrons. The molecule has 0 aromatic carbocycles. The summed E-state index contributed by atoms with van der Waals surface area (Å²) in [4.78, 5) is 23.7. The van der Waals surface area contributed by atoms with Crippen LogP contribution < -0.4 is 0 Å². The van der Waals surface area contributed by atoms with Crippen LogP contribution in [0, 0.1) is 5.92 Å². The summed E-state index contributed by atoms with van der Waals surface area (Å²) in [6.07, 6.45) is 0.737. The lowest BCUT2D eigenvalue weighted by Gasteiger charge is -2.17. The minimum absolute atomic E-state index is 0.0100. The minimum Gasteiger partial charge on any atom is -0.481 e. The zero-order valence-corrected chi connectivity index (χ0v) is 14.1. The topological polar surface area (TPSA) is 72.8 Å². The van der Waals surface area contributed by atoms with Crippen LogP contribution in [-0.4, -0.2) is 35.4 Å². The number of Topliss-reactive ketones (excluding diaryl/α,β-unsaturated/α-hetero) is 1. The van der Waals surface area contributed by atoms with Crippen LogP contribution in [0.15, 0.2) is 11.4 Å². The summed E-state index contributed by atoms with van der Waals surface area (Å²) in [7, 11) is 0. The molecule has 0 saturated carbocycles. The highest BCUT2D eigenvalue weighted by atomic mass is 32.1. The van der Waals surface area contributed by atoms with Gasteiger partial charge >= 0.3 is 5.97 Å². The summed E-state index contributed by atoms with van der Waals surface area (Å²) < 4.78 is 11.3. The summed E-state index contributed by atoms with van der Waals surface area (Å²) in [5.74, 6) is -3.24. The van der Waals surface area contributed by atoms with Crippen molar-refractivity contribution in [2.75, 3.05) is 6.61 Å². The smallest absolute Gasteiger partial charge is 0.314 e. The van der Waals surface area contributed by atoms with Crippen LogP contribution >= 0.6 is 11.3 Å². The zero-order valence-electron chi connectivity index (χ0n) is 13.3. The molecular weight excluding hydrogens is 304 g/mol. The van der Waals surface area contributed by atoms with Crippen molar-refractivity contribution in [3.05, 3.63) is 21.9 Å². The molecule has 2 heterocycles. The number of carbonyl (C=O) groups excluding carboxylic acids is 1. The van der Waals surface area contributed by atoms with Crippen molar-refractivity contribution in [1.82, 2.24) is 0 Å². The molecule has 1 fully saturated rings. The van der Waals surface area contributed by atoms with Gasteiger partial charge in [-0.3, -0.25) is 9.59 Å². The van der Waals surface area contributed by atoms with Crippen molar-refractivity contribution in [3.63, 3.8) is 0 Å². The molecule has 1 aromatic heterocycles. The number of hydrogen-bond acceptors (Lipinski definition) is 5. The summed E-state index contributed by atoms with van der Waals surface area (Å²) in [6.45, 7) is 7.44. The number of carboxylic acid groups (broad SMARTS) is 1. The molecule has 1 aliphatic rings. The second-order valence-corrected chi connectivity index (χ2v) is 7.17. The second kappa shape index (κ2) is 6.48. The van der Waals surface area contributed by atoms with E-state index in [1.165, 1.54) is 18.3 Å². The molecule has 0 amide bonds. The Bertz CT molecular complexity index is 549. The molecule has 3 unspecified atom stereocenters. The second-order valence-electron chi connectivity index (χ2n) is 6.23. The van der Waals surface area contributed by atoms with Crippen LogP contribution in [0.2, 0.25) is 0 Å². The summed E-state index contributed by atoms with van der Waals surface area (Å²) in [5, 5.41) is 11.2. The van der Waals surface area contributed by atoms with E-state index >= 15 is 0 Å². The van der Waals surface area contributed by atoms with Crippen LogP contribution in [0.3, 0.4) is 0 Å². The number of carbonyl (C=O) groups is 2. The molecule has 1 saturated heterocycles. The van der Waals surface area contributed by atoms with E-state index in [4.69, 9.17) is 9.47 Å². The Balaban J connectivity index is 2.05. The van der Waals surface area contributed by atoms with E-state index in [1.54, 1.807) is 6.92 Å². The molecular formula is C16H22O5S. The van der Waals surface area contributed by atoms with Crippen LogP contribution in [0.1, 0.15) is 44.1 Å². The normalized spacial score (nSPS) is 23.2. The molecule has 3 atom stereocenters. The Hall–Kier alpha value is -1.24. The van der Waals surface area contributed by atoms with E-state index in [-0.39, 0.29) is 17.8 Å². The van der Waals surface area contributed by atoms with Gasteiger partial charge in [0.25, 0.3) is 0 Å². The van der Waals surface area contributed by atoms with Crippen molar-refractivity contribution in [3.8, 4) is 0 Å². The maximum Gasteiger partial charge on any atom is 0.314 e. The van der Waals surface area contributed by atoms with E-state index in [1.807, 2.05) is 25.3 Å². The van der Waals surface area contributed by atoms with Gasteiger partial charge in [-0.2, -0.15) is 0 Å². The van der Waals surface area contributed by atoms with E-state index in [0.29, 0.717) is 6.61 Å². The lowest BCUT2D eigenvalue weighted by molar-refractivity contribution is -0.146. The standard InChI is InChI=1S/C16H22O5S/c1-9(14(10(2)17)15(18)19)13-6-11(8-22-13)5-12-7-20-16(3,4)21-12/h6,8-9,12,14H,5,7H2,1-4H3,(H,18,19). The summed E-state index contributed by atoms with van der Waals surface area (Å²) in [6, 6.07) is 1.98. The molecule has 1 N–H and O–H groups in total. The SMILES string of the molecule is CC(=O)C(C(=O)O)C(C)c1cc(CC2COC(C)(C)O2)cs1. The van der Waals surface area contributed by atoms with Crippen molar-refractivity contribution in [1.29, 1.82) is 0 Å². The fourth-order valence-electron chi connectivity index (χ4n) is 2.77. The van der Waals surface area contributed by atoms with E-state index in [2.05, 4.69) is 0 Å². The van der Waals surface area contributed by atoms with Crippen molar-refractivity contribution < 1.29 is 24.2 Å². The lowest BCUT2D eigenvalue weighted by Crippen LogP contribution is -2.26. The Morgan fingerprint density at radius 2 is 2.18 bits per heavy atom. The number of aliphatic carboxylic acids is 1. The third kappa shape index (κ3) is 3.94. The summed E-state index contributed by atoms with van der Waals surface area (Å²) >= 11 is 1.49. The first-order valence-corrected chi connectivity index (χ1v) is 8.20. The number of hydrogen-bond donors (Lipinski definition) is 1. The van der Waals surface area contributed by atoms with Gasteiger partial charge in [0.1, 0.15) is 11.7 Å². The number of ketones is 1. The fourth-order valence-corrected chi connectivity index (χ4v) is 3.79. The molecule has 0 bridgehead atoms. The average Bonchev–Trinajstić information content (AvgIpc) is 2.95.